The first kappa shape index (κ1) is 14.5. The van der Waals surface area contributed by atoms with Crippen molar-refractivity contribution in [1.29, 1.82) is 0 Å². The Labute approximate surface area is 117 Å². The molecule has 0 atom stereocenters. The number of nitrogens with one attached hydrogen (secondary N) is 1. The molecule has 1 saturated heterocycles. The van der Waals surface area contributed by atoms with Crippen molar-refractivity contribution in [2.45, 2.75) is 39.0 Å². The minimum atomic E-state index is 0.311. The fourth-order valence-corrected chi connectivity index (χ4v) is 2.55. The van der Waals surface area contributed by atoms with Crippen molar-refractivity contribution in [3.05, 3.63) is 35.4 Å². The Balaban J connectivity index is 1.83. The Morgan fingerprint density at radius 1 is 1.16 bits per heavy atom. The number of hydrogen-bond acceptors (Lipinski definition) is 2. The van der Waals surface area contributed by atoms with Crippen LogP contribution in [0.5, 0.6) is 0 Å². The second-order valence-corrected chi connectivity index (χ2v) is 6.29. The van der Waals surface area contributed by atoms with Gasteiger partial charge in [-0.3, -0.25) is 0 Å². The zero-order valence-corrected chi connectivity index (χ0v) is 12.5. The van der Waals surface area contributed by atoms with Gasteiger partial charge in [-0.25, -0.2) is 0 Å². The smallest absolute Gasteiger partial charge is 0.0475 e. The van der Waals surface area contributed by atoms with Gasteiger partial charge in [-0.15, -0.1) is 0 Å². The van der Waals surface area contributed by atoms with E-state index in [4.69, 9.17) is 4.74 Å². The van der Waals surface area contributed by atoms with E-state index in [1.807, 2.05) is 0 Å². The van der Waals surface area contributed by atoms with Crippen molar-refractivity contribution in [1.82, 2.24) is 5.32 Å². The van der Waals surface area contributed by atoms with Crippen LogP contribution in [0, 0.1) is 12.8 Å². The quantitative estimate of drug-likeness (QED) is 0.761. The second-order valence-electron chi connectivity index (χ2n) is 6.29. The average Bonchev–Trinajstić information content (AvgIpc) is 2.33. The van der Waals surface area contributed by atoms with Crippen LogP contribution >= 0.6 is 0 Å². The summed E-state index contributed by atoms with van der Waals surface area (Å²) in [4.78, 5) is 0. The minimum Gasteiger partial charge on any atom is -0.381 e. The van der Waals surface area contributed by atoms with Crippen molar-refractivity contribution >= 4 is 0 Å². The van der Waals surface area contributed by atoms with Crippen molar-refractivity contribution < 1.29 is 4.74 Å². The molecule has 2 nitrogen and oxygen atoms in total. The third kappa shape index (κ3) is 3.80. The van der Waals surface area contributed by atoms with Gasteiger partial charge in [-0.05, 0) is 31.2 Å². The number of rotatable bonds is 7. The van der Waals surface area contributed by atoms with E-state index in [-0.39, 0.29) is 0 Å². The number of hydrogen-bond donors (Lipinski definition) is 1. The van der Waals surface area contributed by atoms with Gasteiger partial charge in [0.15, 0.2) is 0 Å². The monoisotopic (exact) mass is 261 g/mol. The summed E-state index contributed by atoms with van der Waals surface area (Å²) in [6, 6.07) is 9.00. The van der Waals surface area contributed by atoms with E-state index in [1.165, 1.54) is 11.1 Å². The standard InChI is InChI=1S/C17H27NO/c1-14(2)8-10-19-11-9-17(12-18-13-17)16-6-4-15(3)5-7-16/h4-7,14,18H,8-13H2,1-3H3. The maximum atomic E-state index is 5.79. The molecule has 1 aromatic rings. The van der Waals surface area contributed by atoms with E-state index < -0.39 is 0 Å². The SMILES string of the molecule is Cc1ccc(C2(CCOCCC(C)C)CNC2)cc1. The summed E-state index contributed by atoms with van der Waals surface area (Å²) < 4.78 is 5.79. The van der Waals surface area contributed by atoms with E-state index in [0.29, 0.717) is 5.41 Å². The van der Waals surface area contributed by atoms with Gasteiger partial charge in [0.05, 0.1) is 0 Å². The molecule has 1 aromatic carbocycles. The van der Waals surface area contributed by atoms with Gasteiger partial charge in [0.2, 0.25) is 0 Å². The predicted octanol–water partition coefficient (Wildman–Crippen LogP) is 3.29. The van der Waals surface area contributed by atoms with Crippen LogP contribution in [0.25, 0.3) is 0 Å². The molecule has 2 heteroatoms. The van der Waals surface area contributed by atoms with E-state index in [2.05, 4.69) is 50.4 Å². The lowest BCUT2D eigenvalue weighted by molar-refractivity contribution is 0.0921. The fraction of sp³-hybridized carbons (Fsp3) is 0.647. The zero-order chi connectivity index (χ0) is 13.7. The Bertz CT molecular complexity index is 379. The van der Waals surface area contributed by atoms with Crippen LogP contribution < -0.4 is 5.32 Å². The third-order valence-electron chi connectivity index (χ3n) is 4.16. The molecule has 0 bridgehead atoms. The highest BCUT2D eigenvalue weighted by Crippen LogP contribution is 2.32. The number of aryl methyl sites for hydroxylation is 1. The first-order valence-electron chi connectivity index (χ1n) is 7.48. The summed E-state index contributed by atoms with van der Waals surface area (Å²) in [6.45, 7) is 10.6. The lowest BCUT2D eigenvalue weighted by Gasteiger charge is -2.43. The molecule has 0 unspecified atom stereocenters. The van der Waals surface area contributed by atoms with E-state index in [9.17, 15) is 0 Å². The van der Waals surface area contributed by atoms with Gasteiger partial charge in [0, 0.05) is 31.7 Å². The largest absolute Gasteiger partial charge is 0.381 e. The highest BCUT2D eigenvalue weighted by atomic mass is 16.5. The lowest BCUT2D eigenvalue weighted by Crippen LogP contribution is -2.57. The van der Waals surface area contributed by atoms with E-state index in [1.54, 1.807) is 0 Å². The summed E-state index contributed by atoms with van der Waals surface area (Å²) in [7, 11) is 0. The Morgan fingerprint density at radius 2 is 1.84 bits per heavy atom. The molecule has 106 valence electrons. The lowest BCUT2D eigenvalue weighted by atomic mass is 9.73. The molecule has 1 fully saturated rings. The Morgan fingerprint density at radius 3 is 2.37 bits per heavy atom. The van der Waals surface area contributed by atoms with Crippen molar-refractivity contribution in [2.75, 3.05) is 26.3 Å². The van der Waals surface area contributed by atoms with E-state index in [0.717, 1.165) is 45.1 Å². The van der Waals surface area contributed by atoms with Gasteiger partial charge in [0.25, 0.3) is 0 Å². The molecule has 1 aliphatic heterocycles. The summed E-state index contributed by atoms with van der Waals surface area (Å²) >= 11 is 0. The van der Waals surface area contributed by atoms with Crippen LogP contribution in [0.2, 0.25) is 0 Å². The molecule has 0 spiro atoms. The van der Waals surface area contributed by atoms with Gasteiger partial charge in [-0.1, -0.05) is 43.7 Å². The van der Waals surface area contributed by atoms with Crippen LogP contribution in [0.4, 0.5) is 0 Å². The summed E-state index contributed by atoms with van der Waals surface area (Å²) in [5.74, 6) is 0.733. The van der Waals surface area contributed by atoms with Crippen LogP contribution in [-0.2, 0) is 10.2 Å². The van der Waals surface area contributed by atoms with Gasteiger partial charge in [0.1, 0.15) is 0 Å². The maximum absolute atomic E-state index is 5.79. The van der Waals surface area contributed by atoms with Gasteiger partial charge < -0.3 is 10.1 Å². The van der Waals surface area contributed by atoms with Gasteiger partial charge >= 0.3 is 0 Å². The predicted molar refractivity (Wildman–Crippen MR) is 80.6 cm³/mol. The van der Waals surface area contributed by atoms with Crippen LogP contribution in [0.3, 0.4) is 0 Å². The molecule has 1 N–H and O–H groups in total. The molecule has 0 saturated carbocycles. The maximum Gasteiger partial charge on any atom is 0.0475 e. The molecular formula is C17H27NO. The minimum absolute atomic E-state index is 0.311. The molecule has 19 heavy (non-hydrogen) atoms. The molecule has 0 aliphatic carbocycles. The highest BCUT2D eigenvalue weighted by Gasteiger charge is 2.37. The van der Waals surface area contributed by atoms with Crippen LogP contribution in [-0.4, -0.2) is 26.3 Å². The topological polar surface area (TPSA) is 21.3 Å². The molecular weight excluding hydrogens is 234 g/mol. The number of ether oxygens (including phenoxy) is 1. The van der Waals surface area contributed by atoms with E-state index >= 15 is 0 Å². The average molecular weight is 261 g/mol. The molecule has 1 aliphatic rings. The summed E-state index contributed by atoms with van der Waals surface area (Å²) in [5.41, 5.74) is 3.11. The van der Waals surface area contributed by atoms with Crippen LogP contribution in [0.1, 0.15) is 37.8 Å². The van der Waals surface area contributed by atoms with Crippen molar-refractivity contribution in [2.24, 2.45) is 5.92 Å². The molecule has 2 rings (SSSR count). The fourth-order valence-electron chi connectivity index (χ4n) is 2.55. The molecule has 1 heterocycles. The summed E-state index contributed by atoms with van der Waals surface area (Å²) in [5, 5.41) is 3.42. The Hall–Kier alpha value is -0.860. The van der Waals surface area contributed by atoms with Crippen LogP contribution in [0.15, 0.2) is 24.3 Å². The zero-order valence-electron chi connectivity index (χ0n) is 12.5. The molecule has 0 radical (unpaired) electrons. The number of benzene rings is 1. The third-order valence-corrected chi connectivity index (χ3v) is 4.16. The second kappa shape index (κ2) is 6.53. The van der Waals surface area contributed by atoms with Crippen molar-refractivity contribution in [3.8, 4) is 0 Å². The van der Waals surface area contributed by atoms with Gasteiger partial charge in [-0.2, -0.15) is 0 Å². The van der Waals surface area contributed by atoms with Crippen molar-refractivity contribution in [3.63, 3.8) is 0 Å². The highest BCUT2D eigenvalue weighted by molar-refractivity contribution is 5.32. The first-order valence-corrected chi connectivity index (χ1v) is 7.48. The molecule has 0 aromatic heterocycles. The Kier molecular flexibility index (Phi) is 5.00. The normalized spacial score (nSPS) is 17.5. The first-order chi connectivity index (χ1) is 9.12. The summed E-state index contributed by atoms with van der Waals surface area (Å²) in [6.07, 6.45) is 2.29. The molecule has 0 amide bonds.